The Morgan fingerprint density at radius 2 is 2.29 bits per heavy atom. The quantitative estimate of drug-likeness (QED) is 0.896. The zero-order valence-electron chi connectivity index (χ0n) is 13.0. The van der Waals surface area contributed by atoms with E-state index in [4.69, 9.17) is 10.5 Å². The van der Waals surface area contributed by atoms with Gasteiger partial charge in [-0.3, -0.25) is 4.79 Å². The van der Waals surface area contributed by atoms with E-state index in [1.807, 2.05) is 20.8 Å². The Kier molecular flexibility index (Phi) is 3.39. The molecular weight excluding hydrogens is 286 g/mol. The molecule has 1 aliphatic carbocycles. The highest BCUT2D eigenvalue weighted by Gasteiger charge is 2.71. The summed E-state index contributed by atoms with van der Waals surface area (Å²) >= 11 is 1.51. The zero-order valence-corrected chi connectivity index (χ0v) is 13.8. The summed E-state index contributed by atoms with van der Waals surface area (Å²) in [4.78, 5) is 18.4. The number of rotatable bonds is 3. The average molecular weight is 309 g/mol. The number of hydrogen-bond donors (Lipinski definition) is 2. The van der Waals surface area contributed by atoms with Crippen LogP contribution in [-0.4, -0.2) is 29.1 Å². The topological polar surface area (TPSA) is 77.2 Å². The third kappa shape index (κ3) is 1.89. The number of amides is 1. The molecule has 1 aromatic rings. The van der Waals surface area contributed by atoms with Crippen LogP contribution in [0.4, 0.5) is 5.13 Å². The second-order valence-corrected chi connectivity index (χ2v) is 7.81. The van der Waals surface area contributed by atoms with E-state index >= 15 is 0 Å². The fourth-order valence-electron chi connectivity index (χ4n) is 3.86. The SMILES string of the molecule is CCc1nc(NC(=O)C2(N)C3CCOC3C2(C)C)sc1C. The molecule has 2 fully saturated rings. The fourth-order valence-corrected chi connectivity index (χ4v) is 4.75. The molecule has 0 spiro atoms. The molecule has 2 aliphatic rings. The summed E-state index contributed by atoms with van der Waals surface area (Å²) in [5.41, 5.74) is 6.33. The number of nitrogens with zero attached hydrogens (tertiary/aromatic N) is 1. The van der Waals surface area contributed by atoms with Gasteiger partial charge in [0.05, 0.1) is 11.8 Å². The third-order valence-electron chi connectivity index (χ3n) is 5.28. The number of nitrogens with one attached hydrogen (secondary N) is 1. The van der Waals surface area contributed by atoms with Crippen LogP contribution in [0.1, 0.15) is 37.8 Å². The van der Waals surface area contributed by atoms with Crippen LogP contribution in [0.25, 0.3) is 0 Å². The van der Waals surface area contributed by atoms with Crippen LogP contribution in [0.3, 0.4) is 0 Å². The number of thiazole rings is 1. The number of fused-ring (bicyclic) bond motifs is 1. The van der Waals surface area contributed by atoms with Crippen molar-refractivity contribution in [2.45, 2.75) is 52.2 Å². The number of anilines is 1. The predicted octanol–water partition coefficient (Wildman–Crippen LogP) is 2.09. The molecule has 21 heavy (non-hydrogen) atoms. The first-order chi connectivity index (χ1) is 9.82. The molecule has 3 unspecified atom stereocenters. The molecule has 0 aromatic carbocycles. The lowest BCUT2D eigenvalue weighted by molar-refractivity contribution is -0.170. The molecule has 1 saturated carbocycles. The van der Waals surface area contributed by atoms with Gasteiger partial charge in [0, 0.05) is 22.8 Å². The average Bonchev–Trinajstić information content (AvgIpc) is 3.03. The molecule has 3 N–H and O–H groups in total. The zero-order chi connectivity index (χ0) is 15.4. The first-order valence-corrected chi connectivity index (χ1v) is 8.32. The molecule has 0 bridgehead atoms. The van der Waals surface area contributed by atoms with E-state index in [1.54, 1.807) is 0 Å². The molecule has 116 valence electrons. The van der Waals surface area contributed by atoms with Gasteiger partial charge >= 0.3 is 0 Å². The molecule has 3 rings (SSSR count). The van der Waals surface area contributed by atoms with Gasteiger partial charge in [-0.2, -0.15) is 0 Å². The first kappa shape index (κ1) is 14.9. The Bertz CT molecular complexity index is 583. The normalized spacial score (nSPS) is 33.4. The minimum Gasteiger partial charge on any atom is -0.377 e. The van der Waals surface area contributed by atoms with E-state index in [9.17, 15) is 4.79 Å². The van der Waals surface area contributed by atoms with E-state index < -0.39 is 5.54 Å². The van der Waals surface area contributed by atoms with Crippen molar-refractivity contribution in [3.05, 3.63) is 10.6 Å². The molecule has 1 aliphatic heterocycles. The van der Waals surface area contributed by atoms with Crippen molar-refractivity contribution in [3.63, 3.8) is 0 Å². The van der Waals surface area contributed by atoms with Crippen molar-refractivity contribution in [2.75, 3.05) is 11.9 Å². The summed E-state index contributed by atoms with van der Waals surface area (Å²) in [5, 5.41) is 3.59. The van der Waals surface area contributed by atoms with Crippen LogP contribution >= 0.6 is 11.3 Å². The highest BCUT2D eigenvalue weighted by Crippen LogP contribution is 2.58. The highest BCUT2D eigenvalue weighted by molar-refractivity contribution is 7.15. The molecule has 1 aromatic heterocycles. The van der Waals surface area contributed by atoms with Crippen LogP contribution < -0.4 is 11.1 Å². The third-order valence-corrected chi connectivity index (χ3v) is 6.21. The van der Waals surface area contributed by atoms with Crippen LogP contribution in [0.15, 0.2) is 0 Å². The highest BCUT2D eigenvalue weighted by atomic mass is 32.1. The maximum absolute atomic E-state index is 12.8. The largest absolute Gasteiger partial charge is 0.377 e. The Morgan fingerprint density at radius 3 is 2.90 bits per heavy atom. The van der Waals surface area contributed by atoms with Crippen LogP contribution in [0, 0.1) is 18.3 Å². The lowest BCUT2D eigenvalue weighted by Crippen LogP contribution is -2.79. The molecule has 3 atom stereocenters. The fraction of sp³-hybridized carbons (Fsp3) is 0.733. The summed E-state index contributed by atoms with van der Waals surface area (Å²) in [7, 11) is 0. The molecule has 0 radical (unpaired) electrons. The van der Waals surface area contributed by atoms with Crippen LogP contribution in [0.2, 0.25) is 0 Å². The lowest BCUT2D eigenvalue weighted by Gasteiger charge is -2.60. The van der Waals surface area contributed by atoms with Gasteiger partial charge in [-0.1, -0.05) is 20.8 Å². The van der Waals surface area contributed by atoms with Gasteiger partial charge in [0.1, 0.15) is 5.54 Å². The van der Waals surface area contributed by atoms with Gasteiger partial charge in [-0.05, 0) is 19.8 Å². The van der Waals surface area contributed by atoms with Crippen molar-refractivity contribution < 1.29 is 9.53 Å². The van der Waals surface area contributed by atoms with Gasteiger partial charge in [0.25, 0.3) is 0 Å². The van der Waals surface area contributed by atoms with Gasteiger partial charge < -0.3 is 15.8 Å². The summed E-state index contributed by atoms with van der Waals surface area (Å²) < 4.78 is 5.73. The summed E-state index contributed by atoms with van der Waals surface area (Å²) in [6.07, 6.45) is 1.82. The second-order valence-electron chi connectivity index (χ2n) is 6.61. The number of carbonyl (C=O) groups is 1. The minimum atomic E-state index is -0.875. The van der Waals surface area contributed by atoms with E-state index in [0.717, 1.165) is 23.4 Å². The van der Waals surface area contributed by atoms with Crippen LogP contribution in [0.5, 0.6) is 0 Å². The monoisotopic (exact) mass is 309 g/mol. The number of carbonyl (C=O) groups excluding carboxylic acids is 1. The summed E-state index contributed by atoms with van der Waals surface area (Å²) in [6, 6.07) is 0. The molecule has 1 saturated heterocycles. The summed E-state index contributed by atoms with van der Waals surface area (Å²) in [5.74, 6) is -0.0187. The predicted molar refractivity (Wildman–Crippen MR) is 83.4 cm³/mol. The smallest absolute Gasteiger partial charge is 0.247 e. The van der Waals surface area contributed by atoms with Crippen molar-refractivity contribution in [1.82, 2.24) is 4.98 Å². The van der Waals surface area contributed by atoms with Crippen molar-refractivity contribution in [2.24, 2.45) is 17.1 Å². The standard InChI is InChI=1S/C15H23N3O2S/c1-5-10-8(2)21-13(17-10)18-12(19)15(16)9-6-7-20-11(9)14(15,3)4/h9,11H,5-7,16H2,1-4H3,(H,17,18,19). The summed E-state index contributed by atoms with van der Waals surface area (Å²) in [6.45, 7) is 8.82. The molecular formula is C15H23N3O2S. The van der Waals surface area contributed by atoms with Gasteiger partial charge in [0.2, 0.25) is 5.91 Å². The van der Waals surface area contributed by atoms with E-state index in [1.165, 1.54) is 11.3 Å². The number of nitrogens with two attached hydrogens (primary N) is 1. The molecule has 5 nitrogen and oxygen atoms in total. The van der Waals surface area contributed by atoms with Gasteiger partial charge in [0.15, 0.2) is 5.13 Å². The number of aromatic nitrogens is 1. The van der Waals surface area contributed by atoms with E-state index in [2.05, 4.69) is 17.2 Å². The molecule has 2 heterocycles. The van der Waals surface area contributed by atoms with E-state index in [-0.39, 0.29) is 23.3 Å². The Hall–Kier alpha value is -0.980. The number of hydrogen-bond acceptors (Lipinski definition) is 5. The van der Waals surface area contributed by atoms with Crippen molar-refractivity contribution in [3.8, 4) is 0 Å². The maximum atomic E-state index is 12.8. The Morgan fingerprint density at radius 1 is 1.57 bits per heavy atom. The number of ether oxygens (including phenoxy) is 1. The van der Waals surface area contributed by atoms with Gasteiger partial charge in [-0.25, -0.2) is 4.98 Å². The molecule has 6 heteroatoms. The second kappa shape index (κ2) is 4.76. The number of aryl methyl sites for hydroxylation is 2. The van der Waals surface area contributed by atoms with Crippen molar-refractivity contribution in [1.29, 1.82) is 0 Å². The van der Waals surface area contributed by atoms with Gasteiger partial charge in [-0.15, -0.1) is 11.3 Å². The van der Waals surface area contributed by atoms with E-state index in [0.29, 0.717) is 11.7 Å². The van der Waals surface area contributed by atoms with Crippen LogP contribution in [-0.2, 0) is 16.0 Å². The minimum absolute atomic E-state index is 0.0949. The lowest BCUT2D eigenvalue weighted by atomic mass is 9.48. The molecule has 1 amide bonds. The Labute approximate surface area is 129 Å². The maximum Gasteiger partial charge on any atom is 0.247 e. The Balaban J connectivity index is 1.81. The van der Waals surface area contributed by atoms with Crippen molar-refractivity contribution >= 4 is 22.4 Å². The first-order valence-electron chi connectivity index (χ1n) is 7.50.